The van der Waals surface area contributed by atoms with Crippen LogP contribution in [0.15, 0.2) is 53.1 Å². The Bertz CT molecular complexity index is 1120. The number of nitrogens with zero attached hydrogens (tertiary/aromatic N) is 2. The van der Waals surface area contributed by atoms with Crippen molar-refractivity contribution in [3.05, 3.63) is 66.2 Å². The van der Waals surface area contributed by atoms with Crippen LogP contribution in [0.3, 0.4) is 0 Å². The number of hydrogen-bond acceptors (Lipinski definition) is 5. The van der Waals surface area contributed by atoms with Crippen molar-refractivity contribution in [2.45, 2.75) is 26.2 Å². The van der Waals surface area contributed by atoms with Crippen LogP contribution in [-0.4, -0.2) is 41.9 Å². The van der Waals surface area contributed by atoms with Gasteiger partial charge in [-0.3, -0.25) is 9.59 Å². The van der Waals surface area contributed by atoms with Crippen molar-refractivity contribution >= 4 is 17.5 Å². The first kappa shape index (κ1) is 23.9. The van der Waals surface area contributed by atoms with Crippen molar-refractivity contribution in [2.75, 3.05) is 25.5 Å². The Morgan fingerprint density at radius 3 is 2.70 bits per heavy atom. The number of methoxy groups -OCH3 is 1. The lowest BCUT2D eigenvalue weighted by atomic mass is 10.2. The number of para-hydroxylation sites is 2. The summed E-state index contributed by atoms with van der Waals surface area (Å²) < 4.78 is 37.8. The predicted molar refractivity (Wildman–Crippen MR) is 119 cm³/mol. The molecule has 1 N–H and O–H groups in total. The maximum absolute atomic E-state index is 13.9. The topological polar surface area (TPSA) is 84.7 Å². The molecule has 0 aliphatic carbocycles. The summed E-state index contributed by atoms with van der Waals surface area (Å²) in [5, 5.41) is 2.76. The Morgan fingerprint density at radius 2 is 1.97 bits per heavy atom. The third-order valence-electron chi connectivity index (χ3n) is 4.86. The van der Waals surface area contributed by atoms with Gasteiger partial charge in [-0.25, -0.2) is 13.8 Å². The molecule has 0 spiro atoms. The molecule has 174 valence electrons. The Hall–Kier alpha value is -3.75. The van der Waals surface area contributed by atoms with Gasteiger partial charge in [0.1, 0.15) is 17.4 Å². The molecule has 0 radical (unpaired) electrons. The zero-order valence-corrected chi connectivity index (χ0v) is 18.4. The van der Waals surface area contributed by atoms with Gasteiger partial charge in [0, 0.05) is 25.5 Å². The van der Waals surface area contributed by atoms with E-state index in [-0.39, 0.29) is 48.4 Å². The molecule has 0 atom stereocenters. The summed E-state index contributed by atoms with van der Waals surface area (Å²) in [4.78, 5) is 30.8. The zero-order valence-electron chi connectivity index (χ0n) is 18.4. The second kappa shape index (κ2) is 11.2. The maximum Gasteiger partial charge on any atom is 0.244 e. The smallest absolute Gasteiger partial charge is 0.244 e. The highest BCUT2D eigenvalue weighted by molar-refractivity contribution is 5.95. The average Bonchev–Trinajstić information content (AvgIpc) is 3.26. The third-order valence-corrected chi connectivity index (χ3v) is 4.86. The molecule has 0 unspecified atom stereocenters. The number of carbonyl (C=O) groups is 2. The van der Waals surface area contributed by atoms with Crippen LogP contribution in [0.1, 0.15) is 25.7 Å². The summed E-state index contributed by atoms with van der Waals surface area (Å²) >= 11 is 0. The molecule has 9 heteroatoms. The predicted octanol–water partition coefficient (Wildman–Crippen LogP) is 4.44. The van der Waals surface area contributed by atoms with E-state index in [0.717, 1.165) is 12.1 Å². The number of hydrogen-bond donors (Lipinski definition) is 1. The largest absolute Gasteiger partial charge is 0.495 e. The van der Waals surface area contributed by atoms with Crippen LogP contribution in [0.2, 0.25) is 0 Å². The highest BCUT2D eigenvalue weighted by Crippen LogP contribution is 2.25. The summed E-state index contributed by atoms with van der Waals surface area (Å²) in [6, 6.07) is 10.2. The molecule has 0 bridgehead atoms. The minimum atomic E-state index is -0.760. The lowest BCUT2D eigenvalue weighted by Gasteiger charge is -2.21. The van der Waals surface area contributed by atoms with Crippen LogP contribution in [0, 0.1) is 11.6 Å². The van der Waals surface area contributed by atoms with Crippen LogP contribution in [0.4, 0.5) is 14.5 Å². The van der Waals surface area contributed by atoms with Gasteiger partial charge in [-0.15, -0.1) is 0 Å². The lowest BCUT2D eigenvalue weighted by molar-refractivity contribution is -0.134. The second-order valence-corrected chi connectivity index (χ2v) is 7.31. The second-order valence-electron chi connectivity index (χ2n) is 7.31. The fraction of sp³-hybridized carbons (Fsp3) is 0.292. The van der Waals surface area contributed by atoms with Crippen molar-refractivity contribution in [2.24, 2.45) is 0 Å². The number of halogens is 2. The van der Waals surface area contributed by atoms with E-state index < -0.39 is 11.6 Å². The Balaban J connectivity index is 1.59. The number of carbonyl (C=O) groups excluding carboxylic acids is 2. The zero-order chi connectivity index (χ0) is 23.8. The number of ether oxygens (including phenoxy) is 1. The highest BCUT2D eigenvalue weighted by atomic mass is 19.1. The molecule has 2 amide bonds. The standard InChI is InChI=1S/C24H25F2N3O4/c1-3-12-29(15-22(30)28-19-6-4-5-7-20(19)32-2)24(31)11-10-23-27-14-21(33-23)17-9-8-16(25)13-18(17)26/h4-9,13-14H,3,10-12,15H2,1-2H3,(H,28,30). The number of amides is 2. The van der Waals surface area contributed by atoms with Gasteiger partial charge in [-0.1, -0.05) is 19.1 Å². The Kier molecular flexibility index (Phi) is 8.12. The molecule has 3 rings (SSSR count). The quantitative estimate of drug-likeness (QED) is 0.487. The van der Waals surface area contributed by atoms with Crippen molar-refractivity contribution in [3.63, 3.8) is 0 Å². The molecular formula is C24H25F2N3O4. The summed E-state index contributed by atoms with van der Waals surface area (Å²) in [5.41, 5.74) is 0.608. The van der Waals surface area contributed by atoms with E-state index in [2.05, 4.69) is 10.3 Å². The number of rotatable bonds is 10. The molecule has 2 aromatic carbocycles. The van der Waals surface area contributed by atoms with Gasteiger partial charge in [0.15, 0.2) is 11.7 Å². The molecule has 0 saturated heterocycles. The molecule has 0 fully saturated rings. The van der Waals surface area contributed by atoms with Gasteiger partial charge < -0.3 is 19.4 Å². The summed E-state index contributed by atoms with van der Waals surface area (Å²) in [6.45, 7) is 2.22. The van der Waals surface area contributed by atoms with Crippen molar-refractivity contribution in [1.82, 2.24) is 9.88 Å². The van der Waals surface area contributed by atoms with Crippen LogP contribution in [0.25, 0.3) is 11.3 Å². The molecule has 0 aliphatic rings. The number of nitrogens with one attached hydrogen (secondary N) is 1. The number of aryl methyl sites for hydroxylation is 1. The number of benzene rings is 2. The summed E-state index contributed by atoms with van der Waals surface area (Å²) in [5.74, 6) is -1.10. The van der Waals surface area contributed by atoms with Gasteiger partial charge in [-0.2, -0.15) is 0 Å². The monoisotopic (exact) mass is 457 g/mol. The molecule has 3 aromatic rings. The van der Waals surface area contributed by atoms with E-state index in [1.807, 2.05) is 6.92 Å². The minimum absolute atomic E-state index is 0.0633. The van der Waals surface area contributed by atoms with E-state index in [1.165, 1.54) is 24.3 Å². The van der Waals surface area contributed by atoms with Crippen LogP contribution in [-0.2, 0) is 16.0 Å². The normalized spacial score (nSPS) is 10.7. The molecular weight excluding hydrogens is 432 g/mol. The van der Waals surface area contributed by atoms with E-state index in [1.54, 1.807) is 24.3 Å². The number of oxazole rings is 1. The first-order valence-corrected chi connectivity index (χ1v) is 10.5. The third kappa shape index (κ3) is 6.38. The average molecular weight is 457 g/mol. The summed E-state index contributed by atoms with van der Waals surface area (Å²) in [7, 11) is 1.51. The van der Waals surface area contributed by atoms with Gasteiger partial charge in [-0.05, 0) is 30.7 Å². The Morgan fingerprint density at radius 1 is 1.18 bits per heavy atom. The van der Waals surface area contributed by atoms with Gasteiger partial charge in [0.25, 0.3) is 0 Å². The molecule has 1 heterocycles. The van der Waals surface area contributed by atoms with Crippen molar-refractivity contribution in [3.8, 4) is 17.1 Å². The van der Waals surface area contributed by atoms with E-state index in [4.69, 9.17) is 9.15 Å². The first-order chi connectivity index (χ1) is 15.9. The minimum Gasteiger partial charge on any atom is -0.495 e. The molecule has 0 aliphatic heterocycles. The molecule has 0 saturated carbocycles. The van der Waals surface area contributed by atoms with E-state index in [0.29, 0.717) is 24.4 Å². The SMILES string of the molecule is CCCN(CC(=O)Nc1ccccc1OC)C(=O)CCc1ncc(-c2ccc(F)cc2F)o1. The van der Waals surface area contributed by atoms with Crippen LogP contribution >= 0.6 is 0 Å². The Labute approximate surface area is 190 Å². The van der Waals surface area contributed by atoms with Gasteiger partial charge in [0.05, 0.1) is 31.1 Å². The van der Waals surface area contributed by atoms with Crippen molar-refractivity contribution < 1.29 is 27.5 Å². The maximum atomic E-state index is 13.9. The number of aromatic nitrogens is 1. The van der Waals surface area contributed by atoms with Crippen LogP contribution in [0.5, 0.6) is 5.75 Å². The molecule has 7 nitrogen and oxygen atoms in total. The van der Waals surface area contributed by atoms with E-state index in [9.17, 15) is 18.4 Å². The molecule has 33 heavy (non-hydrogen) atoms. The van der Waals surface area contributed by atoms with Gasteiger partial charge in [0.2, 0.25) is 11.8 Å². The fourth-order valence-electron chi connectivity index (χ4n) is 3.28. The van der Waals surface area contributed by atoms with Gasteiger partial charge >= 0.3 is 0 Å². The molecule has 1 aromatic heterocycles. The highest BCUT2D eigenvalue weighted by Gasteiger charge is 2.19. The fourth-order valence-corrected chi connectivity index (χ4v) is 3.28. The summed E-state index contributed by atoms with van der Waals surface area (Å²) in [6.07, 6.45) is 2.26. The number of anilines is 1. The first-order valence-electron chi connectivity index (χ1n) is 10.5. The van der Waals surface area contributed by atoms with Crippen molar-refractivity contribution in [1.29, 1.82) is 0 Å². The van der Waals surface area contributed by atoms with E-state index >= 15 is 0 Å². The lowest BCUT2D eigenvalue weighted by Crippen LogP contribution is -2.38. The van der Waals surface area contributed by atoms with Crippen LogP contribution < -0.4 is 10.1 Å².